The third-order valence-electron chi connectivity index (χ3n) is 5.06. The molecule has 1 aromatic rings. The summed E-state index contributed by atoms with van der Waals surface area (Å²) in [6, 6.07) is 6.25. The van der Waals surface area contributed by atoms with Crippen LogP contribution in [0, 0.1) is 13.8 Å². The smallest absolute Gasteiger partial charge is 0.193 e. The predicted octanol–water partition coefficient (Wildman–Crippen LogP) is 3.17. The Morgan fingerprint density at radius 3 is 2.46 bits per heavy atom. The number of aliphatic imine (C=N–C) groups is 1. The maximum atomic E-state index is 5.98. The lowest BCUT2D eigenvalue weighted by Crippen LogP contribution is -2.47. The number of hydrogen-bond acceptors (Lipinski definition) is 4. The Labute approximate surface area is 170 Å². The first kappa shape index (κ1) is 22.5. The van der Waals surface area contributed by atoms with Gasteiger partial charge < -0.3 is 24.4 Å². The normalized spacial score (nSPS) is 15.7. The molecule has 0 aromatic heterocycles. The van der Waals surface area contributed by atoms with E-state index in [4.69, 9.17) is 14.2 Å². The van der Waals surface area contributed by atoms with E-state index >= 15 is 0 Å². The number of ether oxygens (including phenoxy) is 3. The van der Waals surface area contributed by atoms with Gasteiger partial charge in [-0.1, -0.05) is 18.2 Å². The number of rotatable bonds is 10. The number of guanidine groups is 1. The monoisotopic (exact) mass is 391 g/mol. The minimum Gasteiger partial charge on any atom is -0.493 e. The van der Waals surface area contributed by atoms with Gasteiger partial charge in [0.05, 0.1) is 12.7 Å². The van der Waals surface area contributed by atoms with Gasteiger partial charge in [-0.2, -0.15) is 0 Å². The van der Waals surface area contributed by atoms with Crippen LogP contribution in [0.25, 0.3) is 0 Å². The van der Waals surface area contributed by atoms with Crippen molar-refractivity contribution in [1.29, 1.82) is 0 Å². The summed E-state index contributed by atoms with van der Waals surface area (Å²) in [5.41, 5.74) is 2.38. The molecule has 1 heterocycles. The first-order valence-corrected chi connectivity index (χ1v) is 10.4. The lowest BCUT2D eigenvalue weighted by Gasteiger charge is -2.34. The summed E-state index contributed by atoms with van der Waals surface area (Å²) in [6.07, 6.45) is 4.35. The Kier molecular flexibility index (Phi) is 10.1. The number of nitrogens with one attached hydrogen (secondary N) is 1. The highest BCUT2D eigenvalue weighted by Crippen LogP contribution is 2.22. The lowest BCUT2D eigenvalue weighted by molar-refractivity contribution is 0.00991. The maximum absolute atomic E-state index is 5.98. The van der Waals surface area contributed by atoms with Crippen molar-refractivity contribution in [3.8, 4) is 5.75 Å². The zero-order valence-electron chi connectivity index (χ0n) is 18.0. The van der Waals surface area contributed by atoms with Crippen LogP contribution in [0.15, 0.2) is 23.2 Å². The van der Waals surface area contributed by atoms with E-state index in [1.807, 2.05) is 7.05 Å². The molecule has 158 valence electrons. The Balaban J connectivity index is 1.63. The molecule has 0 saturated carbocycles. The highest BCUT2D eigenvalue weighted by atomic mass is 16.5. The average molecular weight is 392 g/mol. The van der Waals surface area contributed by atoms with Crippen LogP contribution in [0.3, 0.4) is 0 Å². The van der Waals surface area contributed by atoms with E-state index < -0.39 is 0 Å². The highest BCUT2D eigenvalue weighted by molar-refractivity contribution is 5.79. The first-order valence-electron chi connectivity index (χ1n) is 10.4. The van der Waals surface area contributed by atoms with Crippen molar-refractivity contribution in [1.82, 2.24) is 10.2 Å². The standard InChI is InChI=1S/C22H37N3O3/c1-18-8-5-9-19(2)21(18)28-16-6-12-24-22(23-3)25-13-10-20(11-14-25)27-17-7-15-26-4/h5,8-9,20H,6-7,10-17H2,1-4H3,(H,23,24). The fourth-order valence-electron chi connectivity index (χ4n) is 3.49. The van der Waals surface area contributed by atoms with E-state index in [2.05, 4.69) is 47.3 Å². The summed E-state index contributed by atoms with van der Waals surface area (Å²) in [5, 5.41) is 3.47. The van der Waals surface area contributed by atoms with Gasteiger partial charge in [-0.3, -0.25) is 4.99 Å². The molecular formula is C22H37N3O3. The van der Waals surface area contributed by atoms with Crippen LogP contribution in [0.2, 0.25) is 0 Å². The summed E-state index contributed by atoms with van der Waals surface area (Å²) < 4.78 is 17.0. The molecule has 1 fully saturated rings. The van der Waals surface area contributed by atoms with E-state index in [9.17, 15) is 0 Å². The molecule has 6 heteroatoms. The van der Waals surface area contributed by atoms with Crippen molar-refractivity contribution in [2.75, 3.05) is 53.6 Å². The Bertz CT molecular complexity index is 578. The molecule has 2 rings (SSSR count). The third kappa shape index (κ3) is 7.32. The van der Waals surface area contributed by atoms with Crippen LogP contribution in [0.1, 0.15) is 36.8 Å². The van der Waals surface area contributed by atoms with Gasteiger partial charge in [-0.25, -0.2) is 0 Å². The number of likely N-dealkylation sites (tertiary alicyclic amines) is 1. The van der Waals surface area contributed by atoms with Crippen LogP contribution >= 0.6 is 0 Å². The molecule has 1 aromatic carbocycles. The zero-order chi connectivity index (χ0) is 20.2. The Hall–Kier alpha value is -1.79. The van der Waals surface area contributed by atoms with Gasteiger partial charge in [-0.15, -0.1) is 0 Å². The minimum atomic E-state index is 0.358. The van der Waals surface area contributed by atoms with Gasteiger partial charge in [-0.05, 0) is 50.7 Å². The third-order valence-corrected chi connectivity index (χ3v) is 5.06. The van der Waals surface area contributed by atoms with Crippen molar-refractivity contribution in [2.24, 2.45) is 4.99 Å². The summed E-state index contributed by atoms with van der Waals surface area (Å²) in [6.45, 7) is 9.24. The van der Waals surface area contributed by atoms with Gasteiger partial charge in [0.25, 0.3) is 0 Å². The number of piperidine rings is 1. The van der Waals surface area contributed by atoms with Crippen molar-refractivity contribution < 1.29 is 14.2 Å². The van der Waals surface area contributed by atoms with E-state index in [0.717, 1.165) is 70.2 Å². The first-order chi connectivity index (χ1) is 13.7. The van der Waals surface area contributed by atoms with E-state index in [1.165, 1.54) is 11.1 Å². The van der Waals surface area contributed by atoms with E-state index in [1.54, 1.807) is 7.11 Å². The molecule has 6 nitrogen and oxygen atoms in total. The molecule has 0 atom stereocenters. The fraction of sp³-hybridized carbons (Fsp3) is 0.682. The molecule has 0 radical (unpaired) electrons. The average Bonchev–Trinajstić information content (AvgIpc) is 2.70. The van der Waals surface area contributed by atoms with Gasteiger partial charge in [0.15, 0.2) is 5.96 Å². The van der Waals surface area contributed by atoms with Crippen LogP contribution in [-0.4, -0.2) is 70.6 Å². The molecule has 0 amide bonds. The van der Waals surface area contributed by atoms with E-state index in [0.29, 0.717) is 12.7 Å². The lowest BCUT2D eigenvalue weighted by atomic mass is 10.1. The van der Waals surface area contributed by atoms with E-state index in [-0.39, 0.29) is 0 Å². The molecule has 1 aliphatic rings. The second-order valence-corrected chi connectivity index (χ2v) is 7.30. The van der Waals surface area contributed by atoms with Crippen LogP contribution in [-0.2, 0) is 9.47 Å². The number of nitrogens with zero attached hydrogens (tertiary/aromatic N) is 2. The molecule has 1 aliphatic heterocycles. The number of benzene rings is 1. The largest absolute Gasteiger partial charge is 0.493 e. The Morgan fingerprint density at radius 2 is 1.82 bits per heavy atom. The highest BCUT2D eigenvalue weighted by Gasteiger charge is 2.21. The molecule has 1 saturated heterocycles. The number of methoxy groups -OCH3 is 1. The summed E-state index contributed by atoms with van der Waals surface area (Å²) in [4.78, 5) is 6.76. The van der Waals surface area contributed by atoms with Crippen molar-refractivity contribution >= 4 is 5.96 Å². The summed E-state index contributed by atoms with van der Waals surface area (Å²) >= 11 is 0. The van der Waals surface area contributed by atoms with Crippen molar-refractivity contribution in [3.05, 3.63) is 29.3 Å². The maximum Gasteiger partial charge on any atom is 0.193 e. The van der Waals surface area contributed by atoms with Crippen molar-refractivity contribution in [2.45, 2.75) is 45.6 Å². The van der Waals surface area contributed by atoms with Crippen LogP contribution in [0.4, 0.5) is 0 Å². The van der Waals surface area contributed by atoms with Gasteiger partial charge in [0, 0.05) is 47.0 Å². The van der Waals surface area contributed by atoms with Crippen molar-refractivity contribution in [3.63, 3.8) is 0 Å². The predicted molar refractivity (Wildman–Crippen MR) is 114 cm³/mol. The molecule has 0 bridgehead atoms. The van der Waals surface area contributed by atoms with Gasteiger partial charge in [0.2, 0.25) is 0 Å². The second-order valence-electron chi connectivity index (χ2n) is 7.30. The number of hydrogen-bond donors (Lipinski definition) is 1. The molecule has 28 heavy (non-hydrogen) atoms. The fourth-order valence-corrected chi connectivity index (χ4v) is 3.49. The summed E-state index contributed by atoms with van der Waals surface area (Å²) in [7, 11) is 3.58. The summed E-state index contributed by atoms with van der Waals surface area (Å²) in [5.74, 6) is 1.99. The molecular weight excluding hydrogens is 354 g/mol. The SMILES string of the molecule is CN=C(NCCCOc1c(C)cccc1C)N1CCC(OCCCOC)CC1. The molecule has 0 spiro atoms. The van der Waals surface area contributed by atoms with Crippen LogP contribution in [0.5, 0.6) is 5.75 Å². The second kappa shape index (κ2) is 12.6. The van der Waals surface area contributed by atoms with Crippen LogP contribution < -0.4 is 10.1 Å². The molecule has 1 N–H and O–H groups in total. The molecule has 0 unspecified atom stereocenters. The number of para-hydroxylation sites is 1. The van der Waals surface area contributed by atoms with Gasteiger partial charge >= 0.3 is 0 Å². The molecule has 0 aliphatic carbocycles. The number of aryl methyl sites for hydroxylation is 2. The topological polar surface area (TPSA) is 55.3 Å². The zero-order valence-corrected chi connectivity index (χ0v) is 18.0. The van der Waals surface area contributed by atoms with Gasteiger partial charge in [0.1, 0.15) is 5.75 Å². The minimum absolute atomic E-state index is 0.358. The quantitative estimate of drug-likeness (QED) is 0.377. The Morgan fingerprint density at radius 1 is 1.11 bits per heavy atom.